The van der Waals surface area contributed by atoms with Crippen LogP contribution in [0.2, 0.25) is 0 Å². The Kier molecular flexibility index (Phi) is 10.4. The van der Waals surface area contributed by atoms with E-state index in [2.05, 4.69) is 34.5 Å². The van der Waals surface area contributed by atoms with E-state index in [9.17, 15) is 4.79 Å². The van der Waals surface area contributed by atoms with Gasteiger partial charge in [0, 0.05) is 42.7 Å². The molecule has 26 heavy (non-hydrogen) atoms. The highest BCUT2D eigenvalue weighted by atomic mass is 127. The van der Waals surface area contributed by atoms with Crippen molar-refractivity contribution in [3.8, 4) is 0 Å². The first kappa shape index (κ1) is 23.1. The van der Waals surface area contributed by atoms with Gasteiger partial charge in [-0.2, -0.15) is 0 Å². The Morgan fingerprint density at radius 3 is 2.62 bits per heavy atom. The Morgan fingerprint density at radius 1 is 1.38 bits per heavy atom. The van der Waals surface area contributed by atoms with Crippen molar-refractivity contribution in [3.63, 3.8) is 0 Å². The van der Waals surface area contributed by atoms with Gasteiger partial charge in [-0.05, 0) is 26.2 Å². The number of carbonyl (C=O) groups excluding carboxylic acids is 1. The number of hydrogen-bond donors (Lipinski definition) is 2. The van der Waals surface area contributed by atoms with Crippen molar-refractivity contribution in [1.82, 2.24) is 20.5 Å². The Labute approximate surface area is 178 Å². The van der Waals surface area contributed by atoms with Crippen molar-refractivity contribution < 1.29 is 4.79 Å². The number of nitrogens with zero attached hydrogens (tertiary/aromatic N) is 3. The highest BCUT2D eigenvalue weighted by Gasteiger charge is 2.24. The number of aliphatic imine (C=N–C) groups is 1. The number of amides is 1. The van der Waals surface area contributed by atoms with Crippen molar-refractivity contribution in [2.45, 2.75) is 59.5 Å². The molecule has 1 aliphatic rings. The quantitative estimate of drug-likeness (QED) is 0.363. The average molecular weight is 493 g/mol. The van der Waals surface area contributed by atoms with Crippen LogP contribution in [0.1, 0.15) is 50.4 Å². The van der Waals surface area contributed by atoms with E-state index in [1.165, 1.54) is 4.88 Å². The van der Waals surface area contributed by atoms with Crippen LogP contribution in [0.25, 0.3) is 0 Å². The smallest absolute Gasteiger partial charge is 0.225 e. The second-order valence-electron chi connectivity index (χ2n) is 6.67. The number of carbonyl (C=O) groups is 1. The number of hydrogen-bond acceptors (Lipinski definition) is 4. The van der Waals surface area contributed by atoms with Crippen LogP contribution in [0.5, 0.6) is 0 Å². The summed E-state index contributed by atoms with van der Waals surface area (Å²) in [6.07, 6.45) is 4.88. The minimum absolute atomic E-state index is 0. The first-order chi connectivity index (χ1) is 12.0. The molecule has 2 N–H and O–H groups in total. The van der Waals surface area contributed by atoms with E-state index >= 15 is 0 Å². The fourth-order valence-electron chi connectivity index (χ4n) is 2.85. The van der Waals surface area contributed by atoms with Crippen molar-refractivity contribution >= 4 is 47.2 Å². The Bertz CT molecular complexity index is 582. The van der Waals surface area contributed by atoms with Crippen LogP contribution >= 0.6 is 35.3 Å². The number of thiazole rings is 1. The minimum atomic E-state index is 0. The first-order valence-corrected chi connectivity index (χ1v) is 10.1. The Hall–Kier alpha value is -0.900. The molecule has 1 fully saturated rings. The summed E-state index contributed by atoms with van der Waals surface area (Å²) < 4.78 is 0. The van der Waals surface area contributed by atoms with Gasteiger partial charge in [0.25, 0.3) is 0 Å². The molecular formula is C18H32IN5OS. The second kappa shape index (κ2) is 11.7. The molecular weight excluding hydrogens is 461 g/mol. The van der Waals surface area contributed by atoms with Gasteiger partial charge >= 0.3 is 0 Å². The van der Waals surface area contributed by atoms with Crippen LogP contribution in [0, 0.1) is 5.92 Å². The van der Waals surface area contributed by atoms with Gasteiger partial charge in [0.2, 0.25) is 5.91 Å². The van der Waals surface area contributed by atoms with Crippen LogP contribution < -0.4 is 10.6 Å². The standard InChI is InChI=1S/C18H31N5OS.HI/c1-5-15-11-20-16(25-15)12-21-18(19-6-2)22-14-7-9-23(10-8-14)17(24)13(3)4;/h11,13-14H,5-10,12H2,1-4H3,(H2,19,21,22);1H. The summed E-state index contributed by atoms with van der Waals surface area (Å²) in [5, 5.41) is 7.87. The zero-order valence-corrected chi connectivity index (χ0v) is 19.4. The lowest BCUT2D eigenvalue weighted by Crippen LogP contribution is -2.50. The molecule has 0 atom stereocenters. The van der Waals surface area contributed by atoms with Crippen molar-refractivity contribution in [2.24, 2.45) is 10.9 Å². The maximum atomic E-state index is 12.1. The highest BCUT2D eigenvalue weighted by molar-refractivity contribution is 14.0. The van der Waals surface area contributed by atoms with Crippen molar-refractivity contribution in [2.75, 3.05) is 19.6 Å². The maximum absolute atomic E-state index is 12.1. The van der Waals surface area contributed by atoms with E-state index in [0.717, 1.165) is 49.9 Å². The number of guanidine groups is 1. The number of likely N-dealkylation sites (tertiary alicyclic amines) is 1. The molecule has 148 valence electrons. The monoisotopic (exact) mass is 493 g/mol. The third-order valence-electron chi connectivity index (χ3n) is 4.31. The topological polar surface area (TPSA) is 69.6 Å². The van der Waals surface area contributed by atoms with Crippen LogP contribution in [0.4, 0.5) is 0 Å². The Morgan fingerprint density at radius 2 is 2.08 bits per heavy atom. The molecule has 0 aromatic carbocycles. The predicted octanol–water partition coefficient (Wildman–Crippen LogP) is 3.03. The van der Waals surface area contributed by atoms with E-state index in [1.807, 2.05) is 24.9 Å². The van der Waals surface area contributed by atoms with Crippen molar-refractivity contribution in [3.05, 3.63) is 16.1 Å². The number of aryl methyl sites for hydroxylation is 1. The normalized spacial score (nSPS) is 15.7. The zero-order chi connectivity index (χ0) is 18.2. The summed E-state index contributed by atoms with van der Waals surface area (Å²) >= 11 is 1.73. The van der Waals surface area contributed by atoms with Gasteiger partial charge in [-0.1, -0.05) is 20.8 Å². The molecule has 0 radical (unpaired) electrons. The van der Waals surface area contributed by atoms with Gasteiger partial charge < -0.3 is 15.5 Å². The number of halogens is 1. The largest absolute Gasteiger partial charge is 0.357 e. The average Bonchev–Trinajstić information content (AvgIpc) is 3.08. The summed E-state index contributed by atoms with van der Waals surface area (Å²) in [4.78, 5) is 24.4. The molecule has 1 aromatic rings. The van der Waals surface area contributed by atoms with Gasteiger partial charge in [0.05, 0.1) is 6.54 Å². The van der Waals surface area contributed by atoms with Gasteiger partial charge in [0.15, 0.2) is 5.96 Å². The fraction of sp³-hybridized carbons (Fsp3) is 0.722. The lowest BCUT2D eigenvalue weighted by atomic mass is 10.0. The Balaban J connectivity index is 0.00000338. The molecule has 1 aliphatic heterocycles. The third kappa shape index (κ3) is 7.02. The van der Waals surface area contributed by atoms with E-state index in [4.69, 9.17) is 0 Å². The van der Waals surface area contributed by atoms with Crippen molar-refractivity contribution in [1.29, 1.82) is 0 Å². The molecule has 1 aromatic heterocycles. The predicted molar refractivity (Wildman–Crippen MR) is 119 cm³/mol. The van der Waals surface area contributed by atoms with Gasteiger partial charge in [-0.3, -0.25) is 4.79 Å². The molecule has 0 unspecified atom stereocenters. The second-order valence-corrected chi connectivity index (χ2v) is 7.87. The maximum Gasteiger partial charge on any atom is 0.225 e. The molecule has 1 saturated heterocycles. The number of piperidine rings is 1. The number of aromatic nitrogens is 1. The molecule has 1 amide bonds. The third-order valence-corrected chi connectivity index (χ3v) is 5.43. The summed E-state index contributed by atoms with van der Waals surface area (Å²) in [6, 6.07) is 0.358. The molecule has 2 rings (SSSR count). The number of nitrogens with one attached hydrogen (secondary N) is 2. The van der Waals surface area contributed by atoms with Crippen LogP contribution in [-0.2, 0) is 17.8 Å². The summed E-state index contributed by atoms with van der Waals surface area (Å²) in [7, 11) is 0. The molecule has 0 saturated carbocycles. The number of rotatable bonds is 6. The van der Waals surface area contributed by atoms with E-state index in [0.29, 0.717) is 12.6 Å². The fourth-order valence-corrected chi connectivity index (χ4v) is 3.64. The van der Waals surface area contributed by atoms with Crippen LogP contribution in [0.15, 0.2) is 11.2 Å². The van der Waals surface area contributed by atoms with E-state index in [1.54, 1.807) is 11.3 Å². The lowest BCUT2D eigenvalue weighted by molar-refractivity contribution is -0.135. The minimum Gasteiger partial charge on any atom is -0.357 e. The van der Waals surface area contributed by atoms with Gasteiger partial charge in [0.1, 0.15) is 5.01 Å². The molecule has 2 heterocycles. The zero-order valence-electron chi connectivity index (χ0n) is 16.2. The molecule has 0 aliphatic carbocycles. The first-order valence-electron chi connectivity index (χ1n) is 9.30. The highest BCUT2D eigenvalue weighted by Crippen LogP contribution is 2.15. The van der Waals surface area contributed by atoms with Gasteiger partial charge in [-0.25, -0.2) is 9.98 Å². The molecule has 0 bridgehead atoms. The van der Waals surface area contributed by atoms with E-state index < -0.39 is 0 Å². The molecule has 8 heteroatoms. The van der Waals surface area contributed by atoms with Gasteiger partial charge in [-0.15, -0.1) is 35.3 Å². The lowest BCUT2D eigenvalue weighted by Gasteiger charge is -2.34. The molecule has 6 nitrogen and oxygen atoms in total. The summed E-state index contributed by atoms with van der Waals surface area (Å²) in [5.41, 5.74) is 0. The summed E-state index contributed by atoms with van der Waals surface area (Å²) in [5.74, 6) is 1.17. The summed E-state index contributed by atoms with van der Waals surface area (Å²) in [6.45, 7) is 11.2. The molecule has 0 spiro atoms. The van der Waals surface area contributed by atoms with E-state index in [-0.39, 0.29) is 35.8 Å². The SMILES string of the molecule is CCNC(=NCc1ncc(CC)s1)NC1CCN(C(=O)C(C)C)CC1.I. The van der Waals surface area contributed by atoms with Crippen LogP contribution in [0.3, 0.4) is 0 Å². The van der Waals surface area contributed by atoms with Crippen LogP contribution in [-0.4, -0.2) is 47.4 Å².